The molecule has 21 heavy (non-hydrogen) atoms. The maximum absolute atomic E-state index is 12.0. The van der Waals surface area contributed by atoms with Gasteiger partial charge in [0, 0.05) is 11.1 Å². The number of rotatable bonds is 7. The smallest absolute Gasteiger partial charge is 0.237 e. The number of nitrogens with two attached hydrogens (primary N) is 1. The van der Waals surface area contributed by atoms with E-state index in [0.29, 0.717) is 13.0 Å². The Morgan fingerprint density at radius 2 is 2.14 bits per heavy atom. The molecule has 0 aliphatic carbocycles. The lowest BCUT2D eigenvalue weighted by Crippen LogP contribution is -2.40. The van der Waals surface area contributed by atoms with Crippen LogP contribution < -0.4 is 11.1 Å². The lowest BCUT2D eigenvalue weighted by atomic mass is 10.1. The molecule has 0 aliphatic heterocycles. The molecule has 0 saturated heterocycles. The van der Waals surface area contributed by atoms with E-state index in [9.17, 15) is 4.79 Å². The molecule has 1 atom stereocenters. The third-order valence-corrected chi connectivity index (χ3v) is 4.43. The molecule has 2 rings (SSSR count). The van der Waals surface area contributed by atoms with Crippen molar-refractivity contribution in [3.63, 3.8) is 0 Å². The van der Waals surface area contributed by atoms with Gasteiger partial charge in [-0.15, -0.1) is 11.3 Å². The van der Waals surface area contributed by atoms with Crippen LogP contribution in [0.4, 0.5) is 0 Å². The number of aryl methyl sites for hydroxylation is 2. The predicted octanol–water partition coefficient (Wildman–Crippen LogP) is 2.28. The number of hydrogen-bond acceptors (Lipinski definition) is 4. The number of carbonyl (C=O) groups is 1. The third kappa shape index (κ3) is 4.95. The van der Waals surface area contributed by atoms with E-state index in [1.165, 1.54) is 10.4 Å². The number of hydrogen-bond donors (Lipinski definition) is 2. The fraction of sp³-hybridized carbons (Fsp3) is 0.375. The van der Waals surface area contributed by atoms with Gasteiger partial charge in [0.25, 0.3) is 0 Å². The summed E-state index contributed by atoms with van der Waals surface area (Å²) in [5.41, 5.74) is 7.13. The monoisotopic (exact) mass is 303 g/mol. The molecule has 0 fully saturated rings. The van der Waals surface area contributed by atoms with Gasteiger partial charge in [-0.2, -0.15) is 0 Å². The summed E-state index contributed by atoms with van der Waals surface area (Å²) >= 11 is 1.63. The van der Waals surface area contributed by atoms with Crippen molar-refractivity contribution in [3.8, 4) is 0 Å². The van der Waals surface area contributed by atoms with E-state index < -0.39 is 6.04 Å². The van der Waals surface area contributed by atoms with Crippen LogP contribution in [0.2, 0.25) is 0 Å². The van der Waals surface area contributed by atoms with E-state index in [1.54, 1.807) is 11.3 Å². The molecule has 1 aromatic carbocycles. The van der Waals surface area contributed by atoms with Crippen LogP contribution in [0.3, 0.4) is 0 Å². The highest BCUT2D eigenvalue weighted by molar-refractivity contribution is 7.11. The highest BCUT2D eigenvalue weighted by atomic mass is 32.1. The molecular weight excluding hydrogens is 282 g/mol. The van der Waals surface area contributed by atoms with Gasteiger partial charge in [0.05, 0.1) is 12.6 Å². The van der Waals surface area contributed by atoms with E-state index in [1.807, 2.05) is 36.5 Å². The zero-order valence-electron chi connectivity index (χ0n) is 12.2. The van der Waals surface area contributed by atoms with Crippen molar-refractivity contribution < 1.29 is 4.79 Å². The Bertz CT molecular complexity index is 568. The molecule has 1 unspecified atom stereocenters. The number of carbonyl (C=O) groups excluding carboxylic acids is 1. The zero-order chi connectivity index (χ0) is 15.1. The summed E-state index contributed by atoms with van der Waals surface area (Å²) in [4.78, 5) is 17.5. The van der Waals surface area contributed by atoms with Crippen LogP contribution in [0.25, 0.3) is 0 Å². The SMILES string of the molecule is CCc1cnc(CNC(=O)C(N)CCc2ccccc2)s1. The van der Waals surface area contributed by atoms with E-state index in [0.717, 1.165) is 17.8 Å². The van der Waals surface area contributed by atoms with Gasteiger partial charge in [-0.1, -0.05) is 37.3 Å². The lowest BCUT2D eigenvalue weighted by molar-refractivity contribution is -0.122. The molecule has 112 valence electrons. The standard InChI is InChI=1S/C16H21N3OS/c1-2-13-10-18-15(21-13)11-19-16(20)14(17)9-8-12-6-4-3-5-7-12/h3-7,10,14H,2,8-9,11,17H2,1H3,(H,19,20). The average molecular weight is 303 g/mol. The van der Waals surface area contributed by atoms with Gasteiger partial charge in [-0.05, 0) is 24.8 Å². The summed E-state index contributed by atoms with van der Waals surface area (Å²) in [5.74, 6) is -0.112. The first kappa shape index (κ1) is 15.7. The number of thiazole rings is 1. The minimum absolute atomic E-state index is 0.112. The summed E-state index contributed by atoms with van der Waals surface area (Å²) in [6, 6.07) is 9.59. The van der Waals surface area contributed by atoms with Gasteiger partial charge in [-0.25, -0.2) is 4.98 Å². The average Bonchev–Trinajstić information content (AvgIpc) is 2.99. The van der Waals surface area contributed by atoms with Crippen molar-refractivity contribution >= 4 is 17.2 Å². The van der Waals surface area contributed by atoms with Crippen LogP contribution in [0.1, 0.15) is 28.8 Å². The van der Waals surface area contributed by atoms with Crippen molar-refractivity contribution in [2.24, 2.45) is 5.73 Å². The molecule has 0 radical (unpaired) electrons. The van der Waals surface area contributed by atoms with Gasteiger partial charge in [0.1, 0.15) is 5.01 Å². The van der Waals surface area contributed by atoms with E-state index in [-0.39, 0.29) is 5.91 Å². The Hall–Kier alpha value is -1.72. The number of nitrogens with one attached hydrogen (secondary N) is 1. The quantitative estimate of drug-likeness (QED) is 0.824. The Morgan fingerprint density at radius 3 is 2.81 bits per heavy atom. The maximum atomic E-state index is 12.0. The minimum atomic E-state index is -0.476. The molecule has 0 saturated carbocycles. The second kappa shape index (κ2) is 7.90. The number of aromatic nitrogens is 1. The summed E-state index contributed by atoms with van der Waals surface area (Å²) in [7, 11) is 0. The Labute approximate surface area is 129 Å². The van der Waals surface area contributed by atoms with E-state index in [4.69, 9.17) is 5.73 Å². The first-order valence-electron chi connectivity index (χ1n) is 7.20. The third-order valence-electron chi connectivity index (χ3n) is 3.29. The van der Waals surface area contributed by atoms with Gasteiger partial charge in [-0.3, -0.25) is 4.79 Å². The van der Waals surface area contributed by atoms with Gasteiger partial charge in [0.2, 0.25) is 5.91 Å². The largest absolute Gasteiger partial charge is 0.348 e. The van der Waals surface area contributed by atoms with Crippen LogP contribution >= 0.6 is 11.3 Å². The minimum Gasteiger partial charge on any atom is -0.348 e. The van der Waals surface area contributed by atoms with Crippen LogP contribution in [0, 0.1) is 0 Å². The molecule has 3 N–H and O–H groups in total. The highest BCUT2D eigenvalue weighted by Crippen LogP contribution is 2.13. The number of benzene rings is 1. The fourth-order valence-corrected chi connectivity index (χ4v) is 2.79. The highest BCUT2D eigenvalue weighted by Gasteiger charge is 2.13. The van der Waals surface area contributed by atoms with Crippen LogP contribution in [-0.4, -0.2) is 16.9 Å². The molecule has 0 spiro atoms. The normalized spacial score (nSPS) is 12.1. The van der Waals surface area contributed by atoms with E-state index in [2.05, 4.69) is 17.2 Å². The molecule has 1 heterocycles. The summed E-state index contributed by atoms with van der Waals surface area (Å²) in [6.45, 7) is 2.55. The Kier molecular flexibility index (Phi) is 5.90. The molecule has 2 aromatic rings. The number of amides is 1. The maximum Gasteiger partial charge on any atom is 0.237 e. The van der Waals surface area contributed by atoms with Crippen molar-refractivity contribution in [1.29, 1.82) is 0 Å². The molecule has 1 amide bonds. The zero-order valence-corrected chi connectivity index (χ0v) is 13.0. The van der Waals surface area contributed by atoms with Crippen LogP contribution in [0.15, 0.2) is 36.5 Å². The van der Waals surface area contributed by atoms with Crippen LogP contribution in [-0.2, 0) is 24.2 Å². The lowest BCUT2D eigenvalue weighted by Gasteiger charge is -2.11. The van der Waals surface area contributed by atoms with Crippen molar-refractivity contribution in [1.82, 2.24) is 10.3 Å². The molecule has 0 aliphatic rings. The molecule has 4 nitrogen and oxygen atoms in total. The second-order valence-electron chi connectivity index (χ2n) is 4.92. The first-order valence-corrected chi connectivity index (χ1v) is 8.01. The van der Waals surface area contributed by atoms with Gasteiger partial charge >= 0.3 is 0 Å². The Morgan fingerprint density at radius 1 is 1.38 bits per heavy atom. The van der Waals surface area contributed by atoms with Gasteiger partial charge < -0.3 is 11.1 Å². The number of nitrogens with zero attached hydrogens (tertiary/aromatic N) is 1. The summed E-state index contributed by atoms with van der Waals surface area (Å²) in [5, 5.41) is 3.78. The fourth-order valence-electron chi connectivity index (χ4n) is 1.98. The summed E-state index contributed by atoms with van der Waals surface area (Å²) < 4.78 is 0. The van der Waals surface area contributed by atoms with Gasteiger partial charge in [0.15, 0.2) is 0 Å². The van der Waals surface area contributed by atoms with E-state index >= 15 is 0 Å². The molecule has 1 aromatic heterocycles. The van der Waals surface area contributed by atoms with Crippen molar-refractivity contribution in [3.05, 3.63) is 52.0 Å². The molecule has 0 bridgehead atoms. The topological polar surface area (TPSA) is 68.0 Å². The van der Waals surface area contributed by atoms with Crippen LogP contribution in [0.5, 0.6) is 0 Å². The molecule has 5 heteroatoms. The van der Waals surface area contributed by atoms with Crippen molar-refractivity contribution in [2.45, 2.75) is 38.8 Å². The summed E-state index contributed by atoms with van der Waals surface area (Å²) in [6.07, 6.45) is 4.30. The Balaban J connectivity index is 1.74. The second-order valence-corrected chi connectivity index (χ2v) is 6.12. The molecular formula is C16H21N3OS. The predicted molar refractivity (Wildman–Crippen MR) is 86.1 cm³/mol. The first-order chi connectivity index (χ1) is 10.2. The van der Waals surface area contributed by atoms with Crippen molar-refractivity contribution in [2.75, 3.05) is 0 Å².